The van der Waals surface area contributed by atoms with Gasteiger partial charge in [0.15, 0.2) is 6.10 Å². The first-order valence-corrected chi connectivity index (χ1v) is 7.32. The molecule has 0 amide bonds. The number of esters is 3. The lowest BCUT2D eigenvalue weighted by Gasteiger charge is -2.44. The first-order chi connectivity index (χ1) is 11.3. The second-order valence-corrected chi connectivity index (χ2v) is 5.07. The van der Waals surface area contributed by atoms with E-state index in [9.17, 15) is 19.2 Å². The Balaban J connectivity index is 3.17. The molecule has 0 spiro atoms. The molecule has 136 valence electrons. The van der Waals surface area contributed by atoms with E-state index in [4.69, 9.17) is 18.9 Å². The number of nitrogens with one attached hydrogen (secondary N) is 1. The normalized spacial score (nSPS) is 29.2. The Hall–Kier alpha value is -2.20. The molecule has 0 radical (unpaired) electrons. The van der Waals surface area contributed by atoms with Crippen LogP contribution in [0.2, 0.25) is 0 Å². The number of carbonyl (C=O) groups excluding carboxylic acids is 4. The average molecular weight is 347 g/mol. The van der Waals surface area contributed by atoms with Crippen molar-refractivity contribution in [1.82, 2.24) is 5.48 Å². The van der Waals surface area contributed by atoms with Crippen molar-refractivity contribution in [1.29, 1.82) is 0 Å². The summed E-state index contributed by atoms with van der Waals surface area (Å²) < 4.78 is 21.0. The van der Waals surface area contributed by atoms with Crippen molar-refractivity contribution in [2.75, 3.05) is 0 Å². The molecule has 0 aromatic carbocycles. The van der Waals surface area contributed by atoms with Crippen LogP contribution in [0.3, 0.4) is 0 Å². The first-order valence-electron chi connectivity index (χ1n) is 7.32. The van der Waals surface area contributed by atoms with Crippen molar-refractivity contribution in [2.24, 2.45) is 0 Å². The molecule has 10 nitrogen and oxygen atoms in total. The lowest BCUT2D eigenvalue weighted by molar-refractivity contribution is -0.281. The van der Waals surface area contributed by atoms with Gasteiger partial charge in [0, 0.05) is 20.8 Å². The maximum Gasteiger partial charge on any atom is 0.312 e. The van der Waals surface area contributed by atoms with Crippen LogP contribution in [-0.2, 0) is 43.0 Å². The molecule has 24 heavy (non-hydrogen) atoms. The van der Waals surface area contributed by atoms with E-state index in [2.05, 4.69) is 10.3 Å². The van der Waals surface area contributed by atoms with E-state index in [-0.39, 0.29) is 6.47 Å². The van der Waals surface area contributed by atoms with Crippen LogP contribution in [0.1, 0.15) is 34.1 Å². The summed E-state index contributed by atoms with van der Waals surface area (Å²) in [5.74, 6) is -2.01. The van der Waals surface area contributed by atoms with Crippen LogP contribution in [0.25, 0.3) is 0 Å². The van der Waals surface area contributed by atoms with Gasteiger partial charge in [-0.15, -0.1) is 5.48 Å². The highest BCUT2D eigenvalue weighted by Gasteiger charge is 2.51. The van der Waals surface area contributed by atoms with Crippen LogP contribution < -0.4 is 5.48 Å². The number of hydrogen-bond donors (Lipinski definition) is 1. The number of hydroxylamine groups is 1. The molecule has 0 aliphatic carbocycles. The van der Waals surface area contributed by atoms with Gasteiger partial charge in [0.05, 0.1) is 6.10 Å². The summed E-state index contributed by atoms with van der Waals surface area (Å²) >= 11 is 0. The molecular formula is C14H21NO9. The highest BCUT2D eigenvalue weighted by molar-refractivity contribution is 5.68. The summed E-state index contributed by atoms with van der Waals surface area (Å²) in [6.45, 7) is 5.39. The highest BCUT2D eigenvalue weighted by Crippen LogP contribution is 2.28. The van der Waals surface area contributed by atoms with Gasteiger partial charge >= 0.3 is 24.4 Å². The quantitative estimate of drug-likeness (QED) is 0.281. The van der Waals surface area contributed by atoms with E-state index < -0.39 is 48.6 Å². The van der Waals surface area contributed by atoms with Crippen molar-refractivity contribution >= 4 is 24.4 Å². The van der Waals surface area contributed by atoms with Gasteiger partial charge < -0.3 is 23.8 Å². The van der Waals surface area contributed by atoms with Gasteiger partial charge in [0.1, 0.15) is 6.04 Å². The fourth-order valence-electron chi connectivity index (χ4n) is 2.41. The molecule has 10 heteroatoms. The molecule has 1 aliphatic heterocycles. The Morgan fingerprint density at radius 3 is 2.00 bits per heavy atom. The minimum Gasteiger partial charge on any atom is -0.456 e. The fourth-order valence-corrected chi connectivity index (χ4v) is 2.41. The van der Waals surface area contributed by atoms with E-state index in [0.717, 1.165) is 13.8 Å². The molecule has 0 saturated carbocycles. The van der Waals surface area contributed by atoms with Crippen LogP contribution in [0, 0.1) is 0 Å². The SMILES string of the molecule is CC[C@H]1O[C@H](OC(C)=O)[C@@H](OC(C)=O)[C@@H](OC(C)=O)[C@@H]1NOC=O. The van der Waals surface area contributed by atoms with Gasteiger partial charge in [-0.25, -0.2) is 0 Å². The third kappa shape index (κ3) is 5.46. The fraction of sp³-hybridized carbons (Fsp3) is 0.714. The minimum absolute atomic E-state index is 0.149. The van der Waals surface area contributed by atoms with Crippen LogP contribution in [0.5, 0.6) is 0 Å². The van der Waals surface area contributed by atoms with Gasteiger partial charge in [-0.2, -0.15) is 0 Å². The van der Waals surface area contributed by atoms with E-state index in [1.165, 1.54) is 6.92 Å². The summed E-state index contributed by atoms with van der Waals surface area (Å²) in [5, 5.41) is 0. The van der Waals surface area contributed by atoms with Gasteiger partial charge in [-0.3, -0.25) is 19.2 Å². The molecule has 1 fully saturated rings. The van der Waals surface area contributed by atoms with Gasteiger partial charge in [0.2, 0.25) is 12.4 Å². The van der Waals surface area contributed by atoms with Gasteiger partial charge in [-0.05, 0) is 6.42 Å². The Morgan fingerprint density at radius 1 is 1.00 bits per heavy atom. The van der Waals surface area contributed by atoms with Gasteiger partial charge in [-0.1, -0.05) is 6.92 Å². The van der Waals surface area contributed by atoms with E-state index in [1.807, 2.05) is 0 Å². The standard InChI is InChI=1S/C14H21NO9/c1-5-10-11(15-20-6-16)12(21-7(2)17)13(22-8(3)18)14(24-10)23-9(4)19/h6,10-15H,5H2,1-4H3/t10-,11-,12+,13+,14+/m1/s1. The third-order valence-corrected chi connectivity index (χ3v) is 3.20. The van der Waals surface area contributed by atoms with Crippen LogP contribution in [-0.4, -0.2) is 55.0 Å². The zero-order chi connectivity index (χ0) is 18.3. The van der Waals surface area contributed by atoms with Crippen molar-refractivity contribution in [3.8, 4) is 0 Å². The average Bonchev–Trinajstić information content (AvgIpc) is 2.47. The molecule has 0 aromatic rings. The third-order valence-electron chi connectivity index (χ3n) is 3.20. The smallest absolute Gasteiger partial charge is 0.312 e. The van der Waals surface area contributed by atoms with Crippen molar-refractivity contribution in [3.63, 3.8) is 0 Å². The molecule has 1 rings (SSSR count). The zero-order valence-electron chi connectivity index (χ0n) is 13.8. The summed E-state index contributed by atoms with van der Waals surface area (Å²) in [5.41, 5.74) is 2.40. The topological polar surface area (TPSA) is 126 Å². The summed E-state index contributed by atoms with van der Waals surface area (Å²) in [6, 6.07) is -0.833. The Kier molecular flexibility index (Phi) is 7.59. The number of rotatable bonds is 7. The van der Waals surface area contributed by atoms with Crippen LogP contribution in [0.15, 0.2) is 0 Å². The molecule has 0 aromatic heterocycles. The molecule has 0 bridgehead atoms. The molecule has 1 N–H and O–H groups in total. The molecular weight excluding hydrogens is 326 g/mol. The second-order valence-electron chi connectivity index (χ2n) is 5.07. The van der Waals surface area contributed by atoms with E-state index in [1.54, 1.807) is 6.92 Å². The number of ether oxygens (including phenoxy) is 4. The zero-order valence-corrected chi connectivity index (χ0v) is 13.8. The lowest BCUT2D eigenvalue weighted by Crippen LogP contribution is -2.65. The summed E-state index contributed by atoms with van der Waals surface area (Å²) in [7, 11) is 0. The Morgan fingerprint density at radius 2 is 1.54 bits per heavy atom. The first kappa shape index (κ1) is 19.8. The molecule has 1 heterocycles. The van der Waals surface area contributed by atoms with Crippen molar-refractivity contribution in [3.05, 3.63) is 0 Å². The summed E-state index contributed by atoms with van der Waals surface area (Å²) in [4.78, 5) is 49.1. The molecule has 1 aliphatic rings. The van der Waals surface area contributed by atoms with Gasteiger partial charge in [0.25, 0.3) is 0 Å². The van der Waals surface area contributed by atoms with Crippen LogP contribution in [0.4, 0.5) is 0 Å². The maximum atomic E-state index is 11.4. The predicted molar refractivity (Wildman–Crippen MR) is 75.9 cm³/mol. The van der Waals surface area contributed by atoms with E-state index >= 15 is 0 Å². The number of hydrogen-bond acceptors (Lipinski definition) is 10. The molecule has 1 saturated heterocycles. The second kappa shape index (κ2) is 9.18. The van der Waals surface area contributed by atoms with Crippen molar-refractivity contribution < 1.29 is 43.0 Å². The lowest BCUT2D eigenvalue weighted by atomic mass is 9.94. The van der Waals surface area contributed by atoms with E-state index in [0.29, 0.717) is 6.42 Å². The molecule has 5 atom stereocenters. The van der Waals surface area contributed by atoms with Crippen molar-refractivity contribution in [2.45, 2.75) is 64.8 Å². The van der Waals surface area contributed by atoms with Crippen LogP contribution >= 0.6 is 0 Å². The highest BCUT2D eigenvalue weighted by atomic mass is 16.7. The Bertz CT molecular complexity index is 481. The maximum absolute atomic E-state index is 11.4. The Labute approximate surface area is 138 Å². The predicted octanol–water partition coefficient (Wildman–Crippen LogP) is -0.406. The number of carbonyl (C=O) groups is 4. The summed E-state index contributed by atoms with van der Waals surface area (Å²) in [6.07, 6.45) is -3.84. The largest absolute Gasteiger partial charge is 0.456 e. The molecule has 0 unspecified atom stereocenters. The minimum atomic E-state index is -1.27. The monoisotopic (exact) mass is 347 g/mol.